The molecule has 0 atom stereocenters. The van der Waals surface area contributed by atoms with Crippen molar-refractivity contribution in [2.75, 3.05) is 19.0 Å². The zero-order valence-electron chi connectivity index (χ0n) is 16.8. The largest absolute Gasteiger partial charge is 0.490 e. The highest BCUT2D eigenvalue weighted by molar-refractivity contribution is 8.18. The number of hydrogen-bond acceptors (Lipinski definition) is 7. The molecule has 0 bridgehead atoms. The Morgan fingerprint density at radius 3 is 2.55 bits per heavy atom. The normalized spacial score (nSPS) is 14.8. The van der Waals surface area contributed by atoms with Crippen molar-refractivity contribution in [2.45, 2.75) is 13.3 Å². The number of amides is 3. The summed E-state index contributed by atoms with van der Waals surface area (Å²) in [7, 11) is 1.32. The lowest BCUT2D eigenvalue weighted by molar-refractivity contribution is -0.385. The summed E-state index contributed by atoms with van der Waals surface area (Å²) in [4.78, 5) is 48.6. The summed E-state index contributed by atoms with van der Waals surface area (Å²) >= 11 is 0.671. The van der Waals surface area contributed by atoms with Crippen LogP contribution in [0.1, 0.15) is 18.1 Å². The van der Waals surface area contributed by atoms with Gasteiger partial charge in [0.05, 0.1) is 16.9 Å². The second-order valence-corrected chi connectivity index (χ2v) is 7.55. The number of rotatable bonds is 7. The monoisotopic (exact) mass is 441 g/mol. The first-order valence-electron chi connectivity index (χ1n) is 9.29. The van der Waals surface area contributed by atoms with Gasteiger partial charge in [-0.1, -0.05) is 25.1 Å². The van der Waals surface area contributed by atoms with Crippen LogP contribution in [0.15, 0.2) is 47.4 Å². The molecule has 0 unspecified atom stereocenters. The van der Waals surface area contributed by atoms with E-state index in [1.807, 2.05) is 19.1 Å². The Hall–Kier alpha value is -3.66. The Bertz CT molecular complexity index is 1080. The average molecular weight is 441 g/mol. The summed E-state index contributed by atoms with van der Waals surface area (Å²) in [5.41, 5.74) is 1.78. The van der Waals surface area contributed by atoms with Crippen LogP contribution in [0.3, 0.4) is 0 Å². The van der Waals surface area contributed by atoms with E-state index in [0.717, 1.165) is 16.9 Å². The Balaban J connectivity index is 1.72. The van der Waals surface area contributed by atoms with E-state index in [1.54, 1.807) is 12.1 Å². The van der Waals surface area contributed by atoms with E-state index in [1.165, 1.54) is 31.4 Å². The summed E-state index contributed by atoms with van der Waals surface area (Å²) in [6.07, 6.45) is 2.24. The number of nitrogens with one attached hydrogen (secondary N) is 1. The number of ether oxygens (including phenoxy) is 1. The van der Waals surface area contributed by atoms with Crippen LogP contribution in [0.25, 0.3) is 6.08 Å². The van der Waals surface area contributed by atoms with Crippen molar-refractivity contribution >= 4 is 46.3 Å². The van der Waals surface area contributed by atoms with E-state index >= 15 is 0 Å². The SMILES string of the molecule is CCc1ccc(NC(=O)CN2C(=O)S/C(=C/c3ccc(OC)c([N+](=O)[O-])c3)C2=O)cc1. The number of carbonyl (C=O) groups excluding carboxylic acids is 3. The predicted octanol–water partition coefficient (Wildman–Crippen LogP) is 3.84. The lowest BCUT2D eigenvalue weighted by Gasteiger charge is -2.12. The molecule has 2 aromatic carbocycles. The van der Waals surface area contributed by atoms with Crippen LogP contribution in [-0.4, -0.2) is 40.5 Å². The zero-order valence-corrected chi connectivity index (χ0v) is 17.6. The molecule has 9 nitrogen and oxygen atoms in total. The number of thioether (sulfide) groups is 1. The van der Waals surface area contributed by atoms with Crippen LogP contribution >= 0.6 is 11.8 Å². The summed E-state index contributed by atoms with van der Waals surface area (Å²) in [6, 6.07) is 11.5. The van der Waals surface area contributed by atoms with Gasteiger partial charge in [0.25, 0.3) is 11.1 Å². The van der Waals surface area contributed by atoms with Crippen LogP contribution in [0.5, 0.6) is 5.75 Å². The van der Waals surface area contributed by atoms with E-state index in [2.05, 4.69) is 5.32 Å². The maximum atomic E-state index is 12.6. The van der Waals surface area contributed by atoms with Gasteiger partial charge >= 0.3 is 5.69 Å². The second kappa shape index (κ2) is 9.43. The number of imide groups is 1. The highest BCUT2D eigenvalue weighted by Crippen LogP contribution is 2.34. The van der Waals surface area contributed by atoms with Crippen LogP contribution < -0.4 is 10.1 Å². The van der Waals surface area contributed by atoms with E-state index < -0.39 is 28.5 Å². The molecule has 0 radical (unpaired) electrons. The molecular weight excluding hydrogens is 422 g/mol. The predicted molar refractivity (Wildman–Crippen MR) is 117 cm³/mol. The van der Waals surface area contributed by atoms with E-state index in [-0.39, 0.29) is 16.3 Å². The fraction of sp³-hybridized carbons (Fsp3) is 0.190. The number of aryl methyl sites for hydroxylation is 1. The Morgan fingerprint density at radius 2 is 1.94 bits per heavy atom. The third kappa shape index (κ3) is 5.10. The molecule has 1 aliphatic rings. The summed E-state index contributed by atoms with van der Waals surface area (Å²) in [6.45, 7) is 1.59. The molecule has 0 saturated carbocycles. The van der Waals surface area contributed by atoms with Gasteiger partial charge in [0.2, 0.25) is 5.91 Å². The molecule has 0 aliphatic carbocycles. The van der Waals surface area contributed by atoms with Crippen LogP contribution in [0, 0.1) is 10.1 Å². The van der Waals surface area contributed by atoms with Gasteiger partial charge in [-0.15, -0.1) is 0 Å². The number of nitrogens with zero attached hydrogens (tertiary/aromatic N) is 2. The molecule has 1 heterocycles. The van der Waals surface area contributed by atoms with Gasteiger partial charge in [0, 0.05) is 11.8 Å². The van der Waals surface area contributed by atoms with E-state index in [0.29, 0.717) is 23.0 Å². The van der Waals surface area contributed by atoms with Gasteiger partial charge < -0.3 is 10.1 Å². The fourth-order valence-electron chi connectivity index (χ4n) is 2.90. The molecule has 10 heteroatoms. The summed E-state index contributed by atoms with van der Waals surface area (Å²) in [5, 5.41) is 13.2. The maximum absolute atomic E-state index is 12.6. The molecule has 31 heavy (non-hydrogen) atoms. The van der Waals surface area contributed by atoms with Gasteiger partial charge in [-0.3, -0.25) is 29.4 Å². The number of carbonyl (C=O) groups is 3. The third-order valence-electron chi connectivity index (χ3n) is 4.52. The molecule has 3 rings (SSSR count). The highest BCUT2D eigenvalue weighted by Gasteiger charge is 2.36. The first-order chi connectivity index (χ1) is 14.8. The minimum atomic E-state index is -0.634. The number of nitro benzene ring substituents is 1. The quantitative estimate of drug-likeness (QED) is 0.394. The molecule has 1 fully saturated rings. The molecule has 2 aromatic rings. The van der Waals surface area contributed by atoms with Crippen molar-refractivity contribution in [1.82, 2.24) is 4.90 Å². The van der Waals surface area contributed by atoms with Gasteiger partial charge in [-0.2, -0.15) is 0 Å². The van der Waals surface area contributed by atoms with E-state index in [4.69, 9.17) is 4.74 Å². The maximum Gasteiger partial charge on any atom is 0.311 e. The van der Waals surface area contributed by atoms with Gasteiger partial charge in [0.1, 0.15) is 6.54 Å². The van der Waals surface area contributed by atoms with Gasteiger partial charge in [-0.25, -0.2) is 0 Å². The Labute approximate surface area is 182 Å². The third-order valence-corrected chi connectivity index (χ3v) is 5.43. The zero-order chi connectivity index (χ0) is 22.5. The van der Waals surface area contributed by atoms with Crippen molar-refractivity contribution in [3.05, 3.63) is 68.6 Å². The van der Waals surface area contributed by atoms with Crippen molar-refractivity contribution in [2.24, 2.45) is 0 Å². The number of hydrogen-bond donors (Lipinski definition) is 1. The molecule has 1 aliphatic heterocycles. The number of benzene rings is 2. The minimum Gasteiger partial charge on any atom is -0.490 e. The molecular formula is C21H19N3O6S. The molecule has 1 N–H and O–H groups in total. The van der Waals surface area contributed by atoms with Gasteiger partial charge in [-0.05, 0) is 53.6 Å². The number of anilines is 1. The molecule has 3 amide bonds. The fourth-order valence-corrected chi connectivity index (χ4v) is 3.73. The lowest BCUT2D eigenvalue weighted by Crippen LogP contribution is -2.36. The topological polar surface area (TPSA) is 119 Å². The minimum absolute atomic E-state index is 0.0737. The van der Waals surface area contributed by atoms with Gasteiger partial charge in [0.15, 0.2) is 5.75 Å². The molecule has 1 saturated heterocycles. The Kier molecular flexibility index (Phi) is 6.71. The van der Waals surface area contributed by atoms with Crippen molar-refractivity contribution in [3.8, 4) is 5.75 Å². The van der Waals surface area contributed by atoms with Crippen molar-refractivity contribution in [1.29, 1.82) is 0 Å². The van der Waals surface area contributed by atoms with Crippen molar-refractivity contribution < 1.29 is 24.0 Å². The summed E-state index contributed by atoms with van der Waals surface area (Å²) < 4.78 is 4.95. The molecule has 0 spiro atoms. The standard InChI is InChI=1S/C21H19N3O6S/c1-3-13-4-7-15(8-5-13)22-19(25)12-23-20(26)18(31-21(23)27)11-14-6-9-17(30-2)16(10-14)24(28)29/h4-11H,3,12H2,1-2H3,(H,22,25)/b18-11+. The first-order valence-corrected chi connectivity index (χ1v) is 10.1. The smallest absolute Gasteiger partial charge is 0.311 e. The van der Waals surface area contributed by atoms with E-state index in [9.17, 15) is 24.5 Å². The Morgan fingerprint density at radius 1 is 1.23 bits per heavy atom. The first kappa shape index (κ1) is 22.0. The number of methoxy groups -OCH3 is 1. The second-order valence-electron chi connectivity index (χ2n) is 6.55. The summed E-state index contributed by atoms with van der Waals surface area (Å²) in [5.74, 6) is -1.06. The molecule has 160 valence electrons. The average Bonchev–Trinajstić information content (AvgIpc) is 3.01. The van der Waals surface area contributed by atoms with Crippen LogP contribution in [0.2, 0.25) is 0 Å². The van der Waals surface area contributed by atoms with Crippen molar-refractivity contribution in [3.63, 3.8) is 0 Å². The number of nitro groups is 1. The highest BCUT2D eigenvalue weighted by atomic mass is 32.2. The molecule has 0 aromatic heterocycles. The van der Waals surface area contributed by atoms with Crippen LogP contribution in [-0.2, 0) is 16.0 Å². The lowest BCUT2D eigenvalue weighted by atomic mass is 10.1. The van der Waals surface area contributed by atoms with Crippen LogP contribution in [0.4, 0.5) is 16.2 Å².